The van der Waals surface area contributed by atoms with E-state index in [0.29, 0.717) is 44.8 Å². The quantitative estimate of drug-likeness (QED) is 0.0317. The Labute approximate surface area is 462 Å². The third kappa shape index (κ3) is 20.7. The number of carbonyl (C=O) groups is 4. The molecule has 20 nitrogen and oxygen atoms in total. The molecule has 7 N–H and O–H groups in total. The Hall–Kier alpha value is -6.67. The minimum Gasteiger partial charge on any atom is -0.454 e. The number of thiazole rings is 2. The highest BCUT2D eigenvalue weighted by Crippen LogP contribution is 2.39. The van der Waals surface area contributed by atoms with Crippen molar-refractivity contribution in [3.63, 3.8) is 0 Å². The first-order valence-corrected chi connectivity index (χ1v) is 28.8. The van der Waals surface area contributed by atoms with E-state index in [1.807, 2.05) is 24.3 Å². The molecule has 4 aromatic carbocycles. The Bertz CT molecular complexity index is 3210. The van der Waals surface area contributed by atoms with Gasteiger partial charge in [0.2, 0.25) is 20.0 Å². The van der Waals surface area contributed by atoms with Crippen LogP contribution >= 0.6 is 34.3 Å². The number of nitrogens with zero attached hydrogens (tertiary/aromatic N) is 2. The van der Waals surface area contributed by atoms with Gasteiger partial charge in [0.05, 0.1) is 45.0 Å². The van der Waals surface area contributed by atoms with Crippen molar-refractivity contribution in [1.29, 1.82) is 0 Å². The molecule has 0 aliphatic rings. The number of aromatic nitrogens is 2. The molecule has 0 atom stereocenters. The minimum atomic E-state index is -3.98. The maximum Gasteiger partial charge on any atom is 0.411 e. The summed E-state index contributed by atoms with van der Waals surface area (Å²) in [5.41, 5.74) is 8.00. The smallest absolute Gasteiger partial charge is 0.411 e. The molecule has 0 unspecified atom stereocenters. The Balaban J connectivity index is 0.000000303. The second-order valence-corrected chi connectivity index (χ2v) is 24.7. The standard InChI is InChI=1S/C26H32N4O6S2.C23H28N4O4S2.C3H5ClO2/c1-7-35-24(31)28-18-10-8-17(9-11-18)21-15-27-23(37-21)20-13-12-19(29-25(32)36-16(2)3)14-22(20)38(33,34)30-26(4,5)6;1-14(2)31-22(28)26-17-10-11-18(20(12-17)33(29,30)27-23(3,4)5)21-25-13-19(32-21)15-6-8-16(24)9-7-15;1-2-6-3(4)5/h8-16,30H,7H2,1-6H3,(H,28,31)(H,29,32);6-14,27H,24H2,1-5H3,(H,26,28);2H2,1H3. The number of benzene rings is 4. The average Bonchev–Trinajstić information content (AvgIpc) is 4.00. The van der Waals surface area contributed by atoms with Gasteiger partial charge in [0.1, 0.15) is 10.0 Å². The summed E-state index contributed by atoms with van der Waals surface area (Å²) >= 11 is 7.40. The van der Waals surface area contributed by atoms with Gasteiger partial charge in [-0.05, 0) is 155 Å². The predicted molar refractivity (Wildman–Crippen MR) is 305 cm³/mol. The van der Waals surface area contributed by atoms with E-state index >= 15 is 0 Å². The monoisotopic (exact) mass is 1160 g/mol. The molecule has 3 amide bonds. The fourth-order valence-corrected chi connectivity index (χ4v) is 11.9. The van der Waals surface area contributed by atoms with E-state index in [9.17, 15) is 36.0 Å². The predicted octanol–water partition coefficient (Wildman–Crippen LogP) is 12.6. The van der Waals surface area contributed by atoms with E-state index in [4.69, 9.17) is 31.5 Å². The van der Waals surface area contributed by atoms with Crippen LogP contribution in [0.15, 0.2) is 107 Å². The number of halogens is 1. The van der Waals surface area contributed by atoms with Gasteiger partial charge in [-0.2, -0.15) is 0 Å². The molecule has 416 valence electrons. The Kier molecular flexibility index (Phi) is 22.5. The van der Waals surface area contributed by atoms with Gasteiger partial charge in [-0.15, -0.1) is 22.7 Å². The van der Waals surface area contributed by atoms with E-state index < -0.39 is 54.8 Å². The van der Waals surface area contributed by atoms with Crippen LogP contribution in [0.3, 0.4) is 0 Å². The Morgan fingerprint density at radius 3 is 1.27 bits per heavy atom. The number of sulfonamides is 2. The molecule has 0 saturated carbocycles. The van der Waals surface area contributed by atoms with E-state index in [-0.39, 0.29) is 34.3 Å². The third-order valence-electron chi connectivity index (χ3n) is 9.22. The van der Waals surface area contributed by atoms with Gasteiger partial charge in [-0.3, -0.25) is 16.0 Å². The van der Waals surface area contributed by atoms with Gasteiger partial charge < -0.3 is 24.7 Å². The molecule has 0 aliphatic heterocycles. The topological polar surface area (TPSA) is 285 Å². The van der Waals surface area contributed by atoms with E-state index in [2.05, 4.69) is 40.1 Å². The number of hydrogen-bond acceptors (Lipinski definition) is 17. The summed E-state index contributed by atoms with van der Waals surface area (Å²) < 4.78 is 77.9. The molecule has 0 bridgehead atoms. The molecular weight excluding hydrogens is 1090 g/mol. The molecule has 0 aliphatic carbocycles. The molecule has 25 heteroatoms. The molecule has 77 heavy (non-hydrogen) atoms. The van der Waals surface area contributed by atoms with Crippen LogP contribution in [0.1, 0.15) is 83.1 Å². The molecule has 0 fully saturated rings. The molecule has 0 spiro atoms. The van der Waals surface area contributed by atoms with Crippen LogP contribution in [0, 0.1) is 0 Å². The zero-order valence-electron chi connectivity index (χ0n) is 44.7. The van der Waals surface area contributed by atoms with Crippen LogP contribution in [0.4, 0.5) is 41.9 Å². The zero-order chi connectivity index (χ0) is 57.5. The number of carbonyl (C=O) groups excluding carboxylic acids is 4. The molecule has 0 radical (unpaired) electrons. The zero-order valence-corrected chi connectivity index (χ0v) is 48.7. The number of anilines is 4. The fraction of sp³-hybridized carbons (Fsp3) is 0.346. The van der Waals surface area contributed by atoms with Gasteiger partial charge in [0.25, 0.3) is 0 Å². The van der Waals surface area contributed by atoms with Crippen LogP contribution in [0.2, 0.25) is 0 Å². The largest absolute Gasteiger partial charge is 0.454 e. The van der Waals surface area contributed by atoms with E-state index in [1.165, 1.54) is 34.8 Å². The molecule has 6 rings (SSSR count). The highest BCUT2D eigenvalue weighted by Gasteiger charge is 2.29. The van der Waals surface area contributed by atoms with Crippen LogP contribution in [-0.4, -0.2) is 87.0 Å². The fourth-order valence-electron chi connectivity index (χ4n) is 6.47. The van der Waals surface area contributed by atoms with Crippen molar-refractivity contribution in [2.45, 2.75) is 116 Å². The summed E-state index contributed by atoms with van der Waals surface area (Å²) in [7, 11) is -7.91. The molecule has 6 aromatic rings. The van der Waals surface area contributed by atoms with Gasteiger partial charge in [-0.1, -0.05) is 24.3 Å². The summed E-state index contributed by atoms with van der Waals surface area (Å²) in [4.78, 5) is 56.0. The highest BCUT2D eigenvalue weighted by molar-refractivity contribution is 7.90. The van der Waals surface area contributed by atoms with Gasteiger partial charge in [-0.25, -0.2) is 55.4 Å². The van der Waals surface area contributed by atoms with Gasteiger partial charge in [0.15, 0.2) is 0 Å². The number of hydrogen-bond donors (Lipinski definition) is 6. The number of nitrogen functional groups attached to an aromatic ring is 1. The number of amides is 3. The normalized spacial score (nSPS) is 11.6. The van der Waals surface area contributed by atoms with E-state index in [0.717, 1.165) is 20.9 Å². The number of rotatable bonds is 15. The Morgan fingerprint density at radius 1 is 0.571 bits per heavy atom. The van der Waals surface area contributed by atoms with Gasteiger partial charge in [0, 0.05) is 68.9 Å². The first kappa shape index (κ1) is 62.9. The first-order valence-electron chi connectivity index (χ1n) is 23.8. The molecular formula is C52H65ClN8O12S4. The lowest BCUT2D eigenvalue weighted by Crippen LogP contribution is -2.40. The summed E-state index contributed by atoms with van der Waals surface area (Å²) in [6, 6.07) is 23.8. The third-order valence-corrected chi connectivity index (χ3v) is 15.1. The molecule has 2 heterocycles. The summed E-state index contributed by atoms with van der Waals surface area (Å²) in [5.74, 6) is 0. The van der Waals surface area contributed by atoms with Crippen LogP contribution in [0.25, 0.3) is 42.0 Å². The van der Waals surface area contributed by atoms with Crippen molar-refractivity contribution in [3.8, 4) is 42.0 Å². The van der Waals surface area contributed by atoms with Gasteiger partial charge >= 0.3 is 23.7 Å². The van der Waals surface area contributed by atoms with Crippen molar-refractivity contribution in [1.82, 2.24) is 19.4 Å². The SMILES string of the molecule is CC(C)OC(=O)Nc1ccc(-c2ncc(-c3ccc(N)cc3)s2)c(S(=O)(=O)NC(C)(C)C)c1.CCOC(=O)Cl.CCOC(=O)Nc1ccc(-c2cnc(-c3ccc(NC(=O)OC(C)C)cc3S(=O)(=O)NC(C)(C)C)s2)cc1. The van der Waals surface area contributed by atoms with Crippen molar-refractivity contribution in [2.75, 3.05) is 34.9 Å². The van der Waals surface area contributed by atoms with Crippen molar-refractivity contribution < 1.29 is 55.0 Å². The van der Waals surface area contributed by atoms with Crippen LogP contribution in [-0.2, 0) is 39.0 Å². The highest BCUT2D eigenvalue weighted by atomic mass is 35.5. The minimum absolute atomic E-state index is 0.0120. The molecule has 2 aromatic heterocycles. The lowest BCUT2D eigenvalue weighted by molar-refractivity contribution is 0.129. The molecule has 0 saturated heterocycles. The van der Waals surface area contributed by atoms with E-state index in [1.54, 1.807) is 144 Å². The van der Waals surface area contributed by atoms with Crippen molar-refractivity contribution in [2.24, 2.45) is 0 Å². The van der Waals surface area contributed by atoms with Crippen LogP contribution < -0.4 is 31.1 Å². The number of nitrogens with one attached hydrogen (secondary N) is 5. The lowest BCUT2D eigenvalue weighted by Gasteiger charge is -2.22. The van der Waals surface area contributed by atoms with Crippen molar-refractivity contribution >= 4 is 101 Å². The maximum absolute atomic E-state index is 13.4. The maximum atomic E-state index is 13.4. The Morgan fingerprint density at radius 2 is 0.935 bits per heavy atom. The van der Waals surface area contributed by atoms with Crippen molar-refractivity contribution in [3.05, 3.63) is 97.3 Å². The summed E-state index contributed by atoms with van der Waals surface area (Å²) in [6.45, 7) is 21.4. The number of nitrogens with two attached hydrogens (primary N) is 1. The van der Waals surface area contributed by atoms with Crippen LogP contribution in [0.5, 0.6) is 0 Å². The lowest BCUT2D eigenvalue weighted by atomic mass is 10.1. The second kappa shape index (κ2) is 27.6. The first-order chi connectivity index (χ1) is 35.9. The summed E-state index contributed by atoms with van der Waals surface area (Å²) in [5, 5.41) is 8.82. The second-order valence-electron chi connectivity index (χ2n) is 19.1. The summed E-state index contributed by atoms with van der Waals surface area (Å²) in [6.07, 6.45) is 0.843. The number of ether oxygens (including phenoxy) is 4. The average molecular weight is 1160 g/mol.